The van der Waals surface area contributed by atoms with Crippen molar-refractivity contribution in [1.29, 1.82) is 0 Å². The quantitative estimate of drug-likeness (QED) is 0.759. The molecule has 0 spiro atoms. The molecule has 0 aliphatic rings. The summed E-state index contributed by atoms with van der Waals surface area (Å²) in [7, 11) is 0. The van der Waals surface area contributed by atoms with Crippen molar-refractivity contribution in [2.75, 3.05) is 6.61 Å². The Morgan fingerprint density at radius 1 is 1.40 bits per heavy atom. The summed E-state index contributed by atoms with van der Waals surface area (Å²) in [4.78, 5) is 0. The predicted octanol–water partition coefficient (Wildman–Crippen LogP) is 2.34. The second-order valence-corrected chi connectivity index (χ2v) is 4.41. The minimum atomic E-state index is 0.144. The molecule has 1 heterocycles. The molecule has 3 heteroatoms. The van der Waals surface area contributed by atoms with Gasteiger partial charge < -0.3 is 14.8 Å². The van der Waals surface area contributed by atoms with E-state index in [2.05, 4.69) is 19.2 Å². The fourth-order valence-corrected chi connectivity index (χ4v) is 1.74. The highest BCUT2D eigenvalue weighted by Gasteiger charge is 2.15. The molecule has 0 bridgehead atoms. The Hall–Kier alpha value is -0.800. The highest BCUT2D eigenvalue weighted by Crippen LogP contribution is 2.15. The van der Waals surface area contributed by atoms with Crippen LogP contribution in [0.1, 0.15) is 39.0 Å². The first-order valence-electron chi connectivity index (χ1n) is 5.53. The molecule has 0 aliphatic heterocycles. The zero-order chi connectivity index (χ0) is 11.3. The van der Waals surface area contributed by atoms with Crippen molar-refractivity contribution in [2.24, 2.45) is 5.92 Å². The van der Waals surface area contributed by atoms with Gasteiger partial charge in [-0.3, -0.25) is 0 Å². The number of aliphatic hydroxyl groups is 1. The maximum Gasteiger partial charge on any atom is 0.120 e. The molecule has 0 fully saturated rings. The fourth-order valence-electron chi connectivity index (χ4n) is 1.74. The van der Waals surface area contributed by atoms with E-state index >= 15 is 0 Å². The van der Waals surface area contributed by atoms with Crippen LogP contribution in [0.5, 0.6) is 0 Å². The van der Waals surface area contributed by atoms with Crippen LogP contribution in [0, 0.1) is 5.92 Å². The minimum absolute atomic E-state index is 0.144. The third-order valence-corrected chi connectivity index (χ3v) is 2.43. The van der Waals surface area contributed by atoms with Gasteiger partial charge in [-0.25, -0.2) is 0 Å². The van der Waals surface area contributed by atoms with Gasteiger partial charge in [0.25, 0.3) is 0 Å². The van der Waals surface area contributed by atoms with E-state index in [1.165, 1.54) is 0 Å². The Morgan fingerprint density at radius 3 is 2.60 bits per heavy atom. The zero-order valence-electron chi connectivity index (χ0n) is 9.73. The number of hydrogen-bond acceptors (Lipinski definition) is 3. The molecule has 0 amide bonds. The smallest absolute Gasteiger partial charge is 0.120 e. The van der Waals surface area contributed by atoms with Gasteiger partial charge in [0.15, 0.2) is 0 Å². The Kier molecular flexibility index (Phi) is 4.85. The molecule has 0 saturated carbocycles. The maximum atomic E-state index is 9.23. The van der Waals surface area contributed by atoms with Crippen molar-refractivity contribution in [3.8, 4) is 0 Å². The lowest BCUT2D eigenvalue weighted by Crippen LogP contribution is -2.35. The van der Waals surface area contributed by atoms with Crippen LogP contribution in [0.3, 0.4) is 0 Å². The van der Waals surface area contributed by atoms with Crippen LogP contribution in [-0.4, -0.2) is 17.8 Å². The topological polar surface area (TPSA) is 45.4 Å². The molecule has 2 N–H and O–H groups in total. The van der Waals surface area contributed by atoms with Crippen LogP contribution in [0.2, 0.25) is 0 Å². The summed E-state index contributed by atoms with van der Waals surface area (Å²) in [5.41, 5.74) is 0. The summed E-state index contributed by atoms with van der Waals surface area (Å²) < 4.78 is 5.30. The Bertz CT molecular complexity index is 257. The van der Waals surface area contributed by atoms with E-state index < -0.39 is 0 Å². The van der Waals surface area contributed by atoms with E-state index in [1.54, 1.807) is 6.26 Å². The monoisotopic (exact) mass is 211 g/mol. The Balaban J connectivity index is 2.44. The molecular formula is C12H21NO2. The molecule has 0 aliphatic carbocycles. The first kappa shape index (κ1) is 12.3. The third-order valence-electron chi connectivity index (χ3n) is 2.43. The molecule has 2 atom stereocenters. The number of rotatable bonds is 6. The van der Waals surface area contributed by atoms with E-state index in [0.717, 1.165) is 12.2 Å². The minimum Gasteiger partial charge on any atom is -0.468 e. The largest absolute Gasteiger partial charge is 0.468 e. The van der Waals surface area contributed by atoms with Gasteiger partial charge in [-0.05, 0) is 31.4 Å². The molecule has 15 heavy (non-hydrogen) atoms. The van der Waals surface area contributed by atoms with Crippen molar-refractivity contribution in [3.05, 3.63) is 24.2 Å². The summed E-state index contributed by atoms with van der Waals surface area (Å²) in [6, 6.07) is 4.12. The summed E-state index contributed by atoms with van der Waals surface area (Å²) in [5, 5.41) is 12.6. The normalized spacial score (nSPS) is 15.5. The van der Waals surface area contributed by atoms with Gasteiger partial charge in [-0.2, -0.15) is 0 Å². The highest BCUT2D eigenvalue weighted by atomic mass is 16.3. The van der Waals surface area contributed by atoms with Gasteiger partial charge in [-0.15, -0.1) is 0 Å². The molecule has 0 saturated heterocycles. The van der Waals surface area contributed by atoms with E-state index in [4.69, 9.17) is 4.42 Å². The third kappa shape index (κ3) is 4.06. The highest BCUT2D eigenvalue weighted by molar-refractivity contribution is 5.03. The number of nitrogens with one attached hydrogen (secondary N) is 1. The fraction of sp³-hybridized carbons (Fsp3) is 0.667. The van der Waals surface area contributed by atoms with Gasteiger partial charge in [0.1, 0.15) is 5.76 Å². The van der Waals surface area contributed by atoms with Gasteiger partial charge >= 0.3 is 0 Å². The van der Waals surface area contributed by atoms with E-state index in [1.807, 2.05) is 19.1 Å². The first-order chi connectivity index (χ1) is 7.13. The molecule has 1 rings (SSSR count). The van der Waals surface area contributed by atoms with Crippen LogP contribution in [0.25, 0.3) is 0 Å². The van der Waals surface area contributed by atoms with Gasteiger partial charge in [0.2, 0.25) is 0 Å². The van der Waals surface area contributed by atoms with Crippen molar-refractivity contribution in [2.45, 2.75) is 39.3 Å². The summed E-state index contributed by atoms with van der Waals surface area (Å²) in [6.07, 6.45) is 2.64. The molecule has 0 radical (unpaired) electrons. The van der Waals surface area contributed by atoms with Crippen LogP contribution in [0.15, 0.2) is 22.8 Å². The first-order valence-corrected chi connectivity index (χ1v) is 5.53. The summed E-state index contributed by atoms with van der Waals surface area (Å²) in [5.74, 6) is 1.50. The number of hydrogen-bond donors (Lipinski definition) is 2. The zero-order valence-corrected chi connectivity index (χ0v) is 9.73. The SMILES string of the molecule is CC(C)C[C@H](CO)N[C@H](C)c1ccco1. The molecule has 86 valence electrons. The molecule has 1 aromatic rings. The maximum absolute atomic E-state index is 9.23. The molecule has 0 aromatic carbocycles. The van der Waals surface area contributed by atoms with Crippen LogP contribution in [0.4, 0.5) is 0 Å². The second kappa shape index (κ2) is 5.93. The lowest BCUT2D eigenvalue weighted by atomic mass is 10.0. The summed E-state index contributed by atoms with van der Waals surface area (Å²) in [6.45, 7) is 6.52. The van der Waals surface area contributed by atoms with E-state index in [0.29, 0.717) is 5.92 Å². The number of furan rings is 1. The Morgan fingerprint density at radius 2 is 2.13 bits per heavy atom. The molecule has 0 unspecified atom stereocenters. The standard InChI is InChI=1S/C12H21NO2/c1-9(2)7-11(8-14)13-10(3)12-5-4-6-15-12/h4-6,9-11,13-14H,7-8H2,1-3H3/t10-,11-/m1/s1. The lowest BCUT2D eigenvalue weighted by molar-refractivity contribution is 0.210. The number of aliphatic hydroxyl groups excluding tert-OH is 1. The van der Waals surface area contributed by atoms with Crippen molar-refractivity contribution < 1.29 is 9.52 Å². The second-order valence-electron chi connectivity index (χ2n) is 4.41. The molecule has 3 nitrogen and oxygen atoms in total. The molecular weight excluding hydrogens is 190 g/mol. The van der Waals surface area contributed by atoms with Gasteiger partial charge in [0.05, 0.1) is 18.9 Å². The van der Waals surface area contributed by atoms with Gasteiger partial charge in [0, 0.05) is 6.04 Å². The Labute approximate surface area is 91.5 Å². The van der Waals surface area contributed by atoms with E-state index in [9.17, 15) is 5.11 Å². The van der Waals surface area contributed by atoms with Crippen LogP contribution < -0.4 is 5.32 Å². The average Bonchev–Trinajstić information content (AvgIpc) is 2.68. The van der Waals surface area contributed by atoms with Crippen LogP contribution >= 0.6 is 0 Å². The summed E-state index contributed by atoms with van der Waals surface area (Å²) >= 11 is 0. The predicted molar refractivity (Wildman–Crippen MR) is 60.6 cm³/mol. The van der Waals surface area contributed by atoms with E-state index in [-0.39, 0.29) is 18.7 Å². The van der Waals surface area contributed by atoms with Gasteiger partial charge in [-0.1, -0.05) is 13.8 Å². The lowest BCUT2D eigenvalue weighted by Gasteiger charge is -2.21. The average molecular weight is 211 g/mol. The van der Waals surface area contributed by atoms with Crippen molar-refractivity contribution >= 4 is 0 Å². The molecule has 1 aromatic heterocycles. The van der Waals surface area contributed by atoms with Crippen molar-refractivity contribution in [3.63, 3.8) is 0 Å². The van der Waals surface area contributed by atoms with Crippen molar-refractivity contribution in [1.82, 2.24) is 5.32 Å². The van der Waals surface area contributed by atoms with Crippen LogP contribution in [-0.2, 0) is 0 Å².